The molecule has 0 amide bonds. The van der Waals surface area contributed by atoms with E-state index in [-0.39, 0.29) is 5.78 Å². The largest absolute Gasteiger partial charge is 0.292 e. The number of carbonyl (C=O) groups is 1. The maximum Gasteiger partial charge on any atom is 0.185 e. The van der Waals surface area contributed by atoms with Gasteiger partial charge in [-0.25, -0.2) is 0 Å². The maximum absolute atomic E-state index is 12.0. The minimum absolute atomic E-state index is 0.0318. The number of pyridine rings is 1. The summed E-state index contributed by atoms with van der Waals surface area (Å²) < 4.78 is 1.81. The van der Waals surface area contributed by atoms with Gasteiger partial charge < -0.3 is 0 Å². The van der Waals surface area contributed by atoms with Crippen LogP contribution in [0.2, 0.25) is 0 Å². The van der Waals surface area contributed by atoms with E-state index in [0.29, 0.717) is 12.1 Å². The minimum atomic E-state index is 0.0318. The summed E-state index contributed by atoms with van der Waals surface area (Å²) in [4.78, 5) is 16.2. The molecule has 0 spiro atoms. The van der Waals surface area contributed by atoms with Gasteiger partial charge in [-0.2, -0.15) is 5.10 Å². The number of ketones is 1. The van der Waals surface area contributed by atoms with Crippen LogP contribution in [0, 0.1) is 6.92 Å². The van der Waals surface area contributed by atoms with Crippen molar-refractivity contribution in [2.45, 2.75) is 26.8 Å². The molecular formula is C13H15N3O. The zero-order chi connectivity index (χ0) is 12.3. The van der Waals surface area contributed by atoms with Crippen LogP contribution in [0.5, 0.6) is 0 Å². The van der Waals surface area contributed by atoms with E-state index in [0.717, 1.165) is 17.8 Å². The average Bonchev–Trinajstić information content (AvgIpc) is 2.77. The molecule has 2 aromatic heterocycles. The van der Waals surface area contributed by atoms with Crippen molar-refractivity contribution < 1.29 is 4.79 Å². The third-order valence-electron chi connectivity index (χ3n) is 2.55. The molecule has 0 unspecified atom stereocenters. The van der Waals surface area contributed by atoms with E-state index in [2.05, 4.69) is 10.1 Å². The van der Waals surface area contributed by atoms with Crippen LogP contribution in [0.3, 0.4) is 0 Å². The summed E-state index contributed by atoms with van der Waals surface area (Å²) in [5, 5.41) is 4.14. The number of hydrogen-bond donors (Lipinski definition) is 0. The first-order valence-corrected chi connectivity index (χ1v) is 5.67. The highest BCUT2D eigenvalue weighted by Crippen LogP contribution is 2.06. The second kappa shape index (κ2) is 4.91. The van der Waals surface area contributed by atoms with Crippen molar-refractivity contribution in [1.82, 2.24) is 14.8 Å². The van der Waals surface area contributed by atoms with Crippen molar-refractivity contribution in [1.29, 1.82) is 0 Å². The smallest absolute Gasteiger partial charge is 0.185 e. The van der Waals surface area contributed by atoms with E-state index in [1.807, 2.05) is 36.9 Å². The van der Waals surface area contributed by atoms with Crippen LogP contribution in [0.25, 0.3) is 0 Å². The molecule has 0 saturated heterocycles. The van der Waals surface area contributed by atoms with Crippen LogP contribution in [0.4, 0.5) is 0 Å². The van der Waals surface area contributed by atoms with Crippen LogP contribution in [0.1, 0.15) is 28.7 Å². The van der Waals surface area contributed by atoms with Gasteiger partial charge in [-0.15, -0.1) is 0 Å². The third-order valence-corrected chi connectivity index (χ3v) is 2.55. The van der Waals surface area contributed by atoms with Crippen molar-refractivity contribution in [2.75, 3.05) is 0 Å². The van der Waals surface area contributed by atoms with Crippen molar-refractivity contribution in [2.24, 2.45) is 0 Å². The lowest BCUT2D eigenvalue weighted by Crippen LogP contribution is -2.06. The van der Waals surface area contributed by atoms with Crippen molar-refractivity contribution in [3.8, 4) is 0 Å². The minimum Gasteiger partial charge on any atom is -0.292 e. The number of carbonyl (C=O) groups excluding carboxylic acids is 1. The highest BCUT2D eigenvalue weighted by Gasteiger charge is 2.09. The number of hydrogen-bond acceptors (Lipinski definition) is 3. The molecule has 0 saturated carbocycles. The van der Waals surface area contributed by atoms with Gasteiger partial charge in [0.2, 0.25) is 0 Å². The Bertz CT molecular complexity index is 531. The average molecular weight is 229 g/mol. The summed E-state index contributed by atoms with van der Waals surface area (Å²) in [5.41, 5.74) is 2.31. The van der Waals surface area contributed by atoms with Gasteiger partial charge in [-0.3, -0.25) is 14.5 Å². The SMILES string of the molecule is CCn1cc(CC(=O)c2cccc(C)n2)cn1. The molecule has 4 nitrogen and oxygen atoms in total. The van der Waals surface area contributed by atoms with Crippen LogP contribution < -0.4 is 0 Å². The Morgan fingerprint density at radius 2 is 2.24 bits per heavy atom. The maximum atomic E-state index is 12.0. The van der Waals surface area contributed by atoms with Gasteiger partial charge in [0, 0.05) is 24.9 Å². The van der Waals surface area contributed by atoms with E-state index in [9.17, 15) is 4.79 Å². The Labute approximate surface area is 100 Å². The topological polar surface area (TPSA) is 47.8 Å². The summed E-state index contributed by atoms with van der Waals surface area (Å²) in [6.07, 6.45) is 3.99. The van der Waals surface area contributed by atoms with Crippen LogP contribution >= 0.6 is 0 Å². The summed E-state index contributed by atoms with van der Waals surface area (Å²) >= 11 is 0. The van der Waals surface area contributed by atoms with E-state index < -0.39 is 0 Å². The Balaban J connectivity index is 2.11. The predicted molar refractivity (Wildman–Crippen MR) is 64.9 cm³/mol. The molecule has 0 aliphatic carbocycles. The molecule has 0 radical (unpaired) electrons. The van der Waals surface area contributed by atoms with Crippen LogP contribution in [-0.4, -0.2) is 20.5 Å². The molecule has 0 bridgehead atoms. The predicted octanol–water partition coefficient (Wildman–Crippen LogP) is 2.03. The molecule has 0 fully saturated rings. The van der Waals surface area contributed by atoms with Gasteiger partial charge >= 0.3 is 0 Å². The number of aryl methyl sites for hydroxylation is 2. The highest BCUT2D eigenvalue weighted by molar-refractivity contribution is 5.95. The van der Waals surface area contributed by atoms with Gasteiger partial charge in [0.25, 0.3) is 0 Å². The molecule has 0 atom stereocenters. The number of Topliss-reactive ketones (excluding diaryl/α,β-unsaturated/α-hetero) is 1. The Morgan fingerprint density at radius 1 is 1.41 bits per heavy atom. The van der Waals surface area contributed by atoms with Crippen LogP contribution in [-0.2, 0) is 13.0 Å². The quantitative estimate of drug-likeness (QED) is 0.754. The molecule has 0 aliphatic heterocycles. The Morgan fingerprint density at radius 3 is 2.88 bits per heavy atom. The van der Waals surface area contributed by atoms with Gasteiger partial charge in [0.15, 0.2) is 5.78 Å². The summed E-state index contributed by atoms with van der Waals surface area (Å²) in [6.45, 7) is 4.71. The Hall–Kier alpha value is -1.97. The zero-order valence-corrected chi connectivity index (χ0v) is 10.1. The van der Waals surface area contributed by atoms with Crippen molar-refractivity contribution >= 4 is 5.78 Å². The van der Waals surface area contributed by atoms with E-state index in [1.54, 1.807) is 12.3 Å². The molecule has 4 heteroatoms. The van der Waals surface area contributed by atoms with Gasteiger partial charge in [0.05, 0.1) is 6.20 Å². The molecule has 88 valence electrons. The second-order valence-electron chi connectivity index (χ2n) is 3.97. The molecule has 17 heavy (non-hydrogen) atoms. The number of rotatable bonds is 4. The lowest BCUT2D eigenvalue weighted by atomic mass is 10.1. The van der Waals surface area contributed by atoms with E-state index in [1.165, 1.54) is 0 Å². The molecule has 2 rings (SSSR count). The lowest BCUT2D eigenvalue weighted by Gasteiger charge is -1.99. The van der Waals surface area contributed by atoms with Gasteiger partial charge in [0.1, 0.15) is 5.69 Å². The van der Waals surface area contributed by atoms with Gasteiger partial charge in [-0.1, -0.05) is 6.07 Å². The summed E-state index contributed by atoms with van der Waals surface area (Å²) in [7, 11) is 0. The molecule has 0 aromatic carbocycles. The second-order valence-corrected chi connectivity index (χ2v) is 3.97. The summed E-state index contributed by atoms with van der Waals surface area (Å²) in [5.74, 6) is 0.0318. The number of nitrogens with zero attached hydrogens (tertiary/aromatic N) is 3. The fraction of sp³-hybridized carbons (Fsp3) is 0.308. The fourth-order valence-electron chi connectivity index (χ4n) is 1.64. The zero-order valence-electron chi connectivity index (χ0n) is 10.1. The van der Waals surface area contributed by atoms with E-state index in [4.69, 9.17) is 0 Å². The highest BCUT2D eigenvalue weighted by atomic mass is 16.1. The molecule has 0 N–H and O–H groups in total. The third kappa shape index (κ3) is 2.78. The van der Waals surface area contributed by atoms with Gasteiger partial charge in [-0.05, 0) is 31.5 Å². The first kappa shape index (κ1) is 11.5. The first-order valence-electron chi connectivity index (χ1n) is 5.67. The van der Waals surface area contributed by atoms with Crippen LogP contribution in [0.15, 0.2) is 30.6 Å². The molecular weight excluding hydrogens is 214 g/mol. The number of aromatic nitrogens is 3. The normalized spacial score (nSPS) is 10.5. The fourth-order valence-corrected chi connectivity index (χ4v) is 1.64. The summed E-state index contributed by atoms with van der Waals surface area (Å²) in [6, 6.07) is 5.48. The van der Waals surface area contributed by atoms with Crippen molar-refractivity contribution in [3.05, 3.63) is 47.5 Å². The molecule has 2 aromatic rings. The molecule has 2 heterocycles. The standard InChI is InChI=1S/C13H15N3O/c1-3-16-9-11(8-14-16)7-13(17)12-6-4-5-10(2)15-12/h4-6,8-9H,3,7H2,1-2H3. The monoisotopic (exact) mass is 229 g/mol. The lowest BCUT2D eigenvalue weighted by molar-refractivity contribution is 0.0988. The first-order chi connectivity index (χ1) is 8.19. The molecule has 0 aliphatic rings. The Kier molecular flexibility index (Phi) is 3.32. The van der Waals surface area contributed by atoms with E-state index >= 15 is 0 Å². The van der Waals surface area contributed by atoms with Crippen molar-refractivity contribution in [3.63, 3.8) is 0 Å².